The van der Waals surface area contributed by atoms with Crippen LogP contribution < -0.4 is 11.3 Å². The maximum atomic E-state index is 5.87. The Morgan fingerprint density at radius 2 is 2.27 bits per heavy atom. The van der Waals surface area contributed by atoms with Crippen LogP contribution in [0.25, 0.3) is 0 Å². The Labute approximate surface area is 100 Å². The molecule has 0 radical (unpaired) electrons. The molecule has 0 amide bonds. The Bertz CT molecular complexity index is 288. The van der Waals surface area contributed by atoms with Gasteiger partial charge in [0.15, 0.2) is 0 Å². The van der Waals surface area contributed by atoms with Crippen LogP contribution >= 0.6 is 22.9 Å². The van der Waals surface area contributed by atoms with Crippen LogP contribution in [0.5, 0.6) is 0 Å². The van der Waals surface area contributed by atoms with Gasteiger partial charge in [0.1, 0.15) is 0 Å². The lowest BCUT2D eigenvalue weighted by Gasteiger charge is -2.17. The molecule has 5 heteroatoms. The highest BCUT2D eigenvalue weighted by Gasteiger charge is 2.09. The monoisotopic (exact) mass is 247 g/mol. The summed E-state index contributed by atoms with van der Waals surface area (Å²) in [5.74, 6) is 5.52. The quantitative estimate of drug-likeness (QED) is 0.594. The van der Waals surface area contributed by atoms with Crippen molar-refractivity contribution in [1.82, 2.24) is 10.3 Å². The van der Waals surface area contributed by atoms with E-state index in [1.165, 1.54) is 4.88 Å². The van der Waals surface area contributed by atoms with Crippen LogP contribution in [0.1, 0.15) is 11.3 Å². The number of nitrogens with zero attached hydrogens (tertiary/aromatic N) is 1. The van der Waals surface area contributed by atoms with Gasteiger partial charge in [-0.1, -0.05) is 11.6 Å². The van der Waals surface area contributed by atoms with Crippen LogP contribution in [0.3, 0.4) is 0 Å². The molecule has 0 saturated carbocycles. The maximum Gasteiger partial charge on any atom is 0.0931 e. The van der Waals surface area contributed by atoms with E-state index in [1.54, 1.807) is 11.3 Å². The Kier molecular flexibility index (Phi) is 5.56. The SMILES string of the molecule is CN(C)CCC(Cc1ccc(Cl)s1)NN. The van der Waals surface area contributed by atoms with Gasteiger partial charge in [-0.3, -0.25) is 11.3 Å². The first-order chi connectivity index (χ1) is 7.11. The molecule has 1 aromatic rings. The standard InChI is InChI=1S/C10H18ClN3S/c1-14(2)6-5-8(13-12)7-9-3-4-10(11)15-9/h3-4,8,13H,5-7,12H2,1-2H3. The molecule has 0 bridgehead atoms. The Morgan fingerprint density at radius 1 is 1.53 bits per heavy atom. The second-order valence-corrected chi connectivity index (χ2v) is 5.67. The zero-order chi connectivity index (χ0) is 11.3. The summed E-state index contributed by atoms with van der Waals surface area (Å²) in [5, 5.41) is 0. The van der Waals surface area contributed by atoms with E-state index in [2.05, 4.69) is 30.5 Å². The van der Waals surface area contributed by atoms with Gasteiger partial charge < -0.3 is 4.90 Å². The molecule has 0 spiro atoms. The van der Waals surface area contributed by atoms with Crippen molar-refractivity contribution in [2.45, 2.75) is 18.9 Å². The van der Waals surface area contributed by atoms with E-state index >= 15 is 0 Å². The van der Waals surface area contributed by atoms with Gasteiger partial charge in [-0.25, -0.2) is 0 Å². The molecule has 3 nitrogen and oxygen atoms in total. The summed E-state index contributed by atoms with van der Waals surface area (Å²) < 4.78 is 0.841. The topological polar surface area (TPSA) is 41.3 Å². The Morgan fingerprint density at radius 3 is 2.73 bits per heavy atom. The average Bonchev–Trinajstić information content (AvgIpc) is 2.58. The van der Waals surface area contributed by atoms with Gasteiger partial charge in [-0.2, -0.15) is 0 Å². The summed E-state index contributed by atoms with van der Waals surface area (Å²) in [5.41, 5.74) is 2.85. The van der Waals surface area contributed by atoms with Gasteiger partial charge in [-0.05, 0) is 45.6 Å². The highest BCUT2D eigenvalue weighted by atomic mass is 35.5. The van der Waals surface area contributed by atoms with E-state index in [-0.39, 0.29) is 0 Å². The second-order valence-electron chi connectivity index (χ2n) is 3.87. The number of rotatable bonds is 6. The van der Waals surface area contributed by atoms with Crippen molar-refractivity contribution < 1.29 is 0 Å². The highest BCUT2D eigenvalue weighted by Crippen LogP contribution is 2.22. The lowest BCUT2D eigenvalue weighted by molar-refractivity contribution is 0.359. The van der Waals surface area contributed by atoms with Gasteiger partial charge in [0.25, 0.3) is 0 Å². The first kappa shape index (κ1) is 12.9. The number of hydrazine groups is 1. The van der Waals surface area contributed by atoms with Crippen molar-refractivity contribution in [3.8, 4) is 0 Å². The van der Waals surface area contributed by atoms with Gasteiger partial charge in [-0.15, -0.1) is 11.3 Å². The van der Waals surface area contributed by atoms with Crippen molar-refractivity contribution in [1.29, 1.82) is 0 Å². The van der Waals surface area contributed by atoms with E-state index in [4.69, 9.17) is 17.4 Å². The third-order valence-corrected chi connectivity index (χ3v) is 3.49. The lowest BCUT2D eigenvalue weighted by atomic mass is 10.1. The van der Waals surface area contributed by atoms with Crippen LogP contribution in [0.15, 0.2) is 12.1 Å². The summed E-state index contributed by atoms with van der Waals surface area (Å²) in [7, 11) is 4.13. The summed E-state index contributed by atoms with van der Waals surface area (Å²) >= 11 is 7.50. The van der Waals surface area contributed by atoms with E-state index in [0.717, 1.165) is 23.7 Å². The lowest BCUT2D eigenvalue weighted by Crippen LogP contribution is -2.38. The van der Waals surface area contributed by atoms with Crippen molar-refractivity contribution in [3.63, 3.8) is 0 Å². The fourth-order valence-corrected chi connectivity index (χ4v) is 2.53. The predicted molar refractivity (Wildman–Crippen MR) is 67.3 cm³/mol. The highest BCUT2D eigenvalue weighted by molar-refractivity contribution is 7.16. The molecule has 0 fully saturated rings. The average molecular weight is 248 g/mol. The van der Waals surface area contributed by atoms with Crippen LogP contribution in [-0.2, 0) is 6.42 Å². The second kappa shape index (κ2) is 6.45. The van der Waals surface area contributed by atoms with Crippen molar-refractivity contribution in [3.05, 3.63) is 21.3 Å². The third-order valence-electron chi connectivity index (χ3n) is 2.24. The smallest absolute Gasteiger partial charge is 0.0931 e. The summed E-state index contributed by atoms with van der Waals surface area (Å²) in [4.78, 5) is 3.44. The first-order valence-corrected chi connectivity index (χ1v) is 6.16. The molecule has 1 unspecified atom stereocenters. The van der Waals surface area contributed by atoms with E-state index in [0.29, 0.717) is 6.04 Å². The van der Waals surface area contributed by atoms with E-state index in [1.807, 2.05) is 6.07 Å². The number of halogens is 1. The molecule has 1 rings (SSSR count). The molecule has 1 atom stereocenters. The largest absolute Gasteiger partial charge is 0.309 e. The molecular weight excluding hydrogens is 230 g/mol. The van der Waals surface area contributed by atoms with Crippen LogP contribution in [0.2, 0.25) is 4.34 Å². The van der Waals surface area contributed by atoms with Gasteiger partial charge in [0.2, 0.25) is 0 Å². The summed E-state index contributed by atoms with van der Waals surface area (Å²) in [6.45, 7) is 1.04. The number of hydrogen-bond acceptors (Lipinski definition) is 4. The van der Waals surface area contributed by atoms with Crippen molar-refractivity contribution in [2.75, 3.05) is 20.6 Å². The predicted octanol–water partition coefficient (Wildman–Crippen LogP) is 1.73. The Balaban J connectivity index is 2.39. The fraction of sp³-hybridized carbons (Fsp3) is 0.600. The number of nitrogens with two attached hydrogens (primary N) is 1. The minimum Gasteiger partial charge on any atom is -0.309 e. The minimum absolute atomic E-state index is 0.321. The van der Waals surface area contributed by atoms with Crippen LogP contribution in [0, 0.1) is 0 Å². The van der Waals surface area contributed by atoms with Crippen LogP contribution in [-0.4, -0.2) is 31.6 Å². The molecular formula is C10H18ClN3S. The molecule has 86 valence electrons. The normalized spacial score (nSPS) is 13.4. The number of nitrogens with one attached hydrogen (secondary N) is 1. The molecule has 15 heavy (non-hydrogen) atoms. The maximum absolute atomic E-state index is 5.87. The molecule has 0 aliphatic heterocycles. The van der Waals surface area contributed by atoms with E-state index in [9.17, 15) is 0 Å². The zero-order valence-corrected chi connectivity index (χ0v) is 10.7. The van der Waals surface area contributed by atoms with Gasteiger partial charge in [0.05, 0.1) is 4.34 Å². The molecule has 0 saturated heterocycles. The Hall–Kier alpha value is -0.130. The molecule has 0 aliphatic rings. The fourth-order valence-electron chi connectivity index (χ4n) is 1.36. The van der Waals surface area contributed by atoms with E-state index < -0.39 is 0 Å². The van der Waals surface area contributed by atoms with Crippen LogP contribution in [0.4, 0.5) is 0 Å². The molecule has 1 heterocycles. The first-order valence-electron chi connectivity index (χ1n) is 4.97. The van der Waals surface area contributed by atoms with Gasteiger partial charge in [0, 0.05) is 10.9 Å². The molecule has 1 aromatic heterocycles. The van der Waals surface area contributed by atoms with Crippen molar-refractivity contribution >= 4 is 22.9 Å². The summed E-state index contributed by atoms with van der Waals surface area (Å²) in [6, 6.07) is 4.32. The third kappa shape index (κ3) is 4.95. The van der Waals surface area contributed by atoms with Crippen molar-refractivity contribution in [2.24, 2.45) is 5.84 Å². The molecule has 0 aliphatic carbocycles. The minimum atomic E-state index is 0.321. The summed E-state index contributed by atoms with van der Waals surface area (Å²) in [6.07, 6.45) is 1.99. The molecule has 0 aromatic carbocycles. The number of thiophene rings is 1. The zero-order valence-electron chi connectivity index (χ0n) is 9.16. The number of hydrogen-bond donors (Lipinski definition) is 2. The molecule has 3 N–H and O–H groups in total. The van der Waals surface area contributed by atoms with Gasteiger partial charge >= 0.3 is 0 Å².